The summed E-state index contributed by atoms with van der Waals surface area (Å²) in [7, 11) is 0. The van der Waals surface area contributed by atoms with E-state index < -0.39 is 0 Å². The number of aryl methyl sites for hydroxylation is 1. The van der Waals surface area contributed by atoms with E-state index in [1.165, 1.54) is 0 Å². The normalized spacial score (nSPS) is 9.89. The van der Waals surface area contributed by atoms with Gasteiger partial charge in [0.2, 0.25) is 5.91 Å². The Hall–Kier alpha value is -2.05. The molecule has 1 aromatic rings. The lowest BCUT2D eigenvalue weighted by molar-refractivity contribution is -0.116. The van der Waals surface area contributed by atoms with E-state index in [1.54, 1.807) is 13.0 Å². The van der Waals surface area contributed by atoms with Gasteiger partial charge in [0.15, 0.2) is 5.82 Å². The first-order valence-corrected chi connectivity index (χ1v) is 5.86. The molecule has 7 heteroatoms. The second-order valence-corrected chi connectivity index (χ2v) is 3.80. The molecule has 0 aromatic carbocycles. The summed E-state index contributed by atoms with van der Waals surface area (Å²) in [6.07, 6.45) is 1.06. The van der Waals surface area contributed by atoms with Crippen LogP contribution in [-0.4, -0.2) is 30.2 Å². The zero-order valence-corrected chi connectivity index (χ0v) is 10.6. The first-order valence-electron chi connectivity index (χ1n) is 5.86. The number of hydrogen-bond acceptors (Lipinski definition) is 4. The fraction of sp³-hybridized carbons (Fsp3) is 0.545. The third-order valence-corrected chi connectivity index (χ3v) is 2.07. The molecule has 3 amide bonds. The molecular formula is C11H18N4O3. The minimum absolute atomic E-state index is 0.186. The van der Waals surface area contributed by atoms with Gasteiger partial charge in [-0.3, -0.25) is 4.79 Å². The number of carbonyl (C=O) groups excluding carboxylic acids is 2. The van der Waals surface area contributed by atoms with Crippen LogP contribution in [0, 0.1) is 6.92 Å². The summed E-state index contributed by atoms with van der Waals surface area (Å²) in [4.78, 5) is 22.6. The van der Waals surface area contributed by atoms with E-state index in [2.05, 4.69) is 21.1 Å². The number of rotatable bonds is 6. The zero-order chi connectivity index (χ0) is 13.4. The number of aromatic nitrogens is 1. The van der Waals surface area contributed by atoms with Crippen LogP contribution < -0.4 is 16.0 Å². The lowest BCUT2D eigenvalue weighted by Crippen LogP contribution is -2.37. The fourth-order valence-corrected chi connectivity index (χ4v) is 1.22. The summed E-state index contributed by atoms with van der Waals surface area (Å²) < 4.78 is 4.81. The maximum atomic E-state index is 11.5. The van der Waals surface area contributed by atoms with E-state index in [1.807, 2.05) is 6.92 Å². The van der Waals surface area contributed by atoms with E-state index in [4.69, 9.17) is 4.52 Å². The van der Waals surface area contributed by atoms with Crippen LogP contribution in [0.5, 0.6) is 0 Å². The summed E-state index contributed by atoms with van der Waals surface area (Å²) in [6.45, 7) is 4.60. The van der Waals surface area contributed by atoms with Crippen LogP contribution in [-0.2, 0) is 4.79 Å². The SMILES string of the molecule is CCCNC(=O)NCCC(=O)Nc1cc(C)on1. The standard InChI is InChI=1S/C11H18N4O3/c1-3-5-12-11(17)13-6-4-10(16)14-9-7-8(2)18-15-9/h7H,3-6H2,1-2H3,(H2,12,13,17)(H,14,15,16). The first kappa shape index (κ1) is 14.0. The van der Waals surface area contributed by atoms with Gasteiger partial charge in [-0.25, -0.2) is 4.79 Å². The maximum absolute atomic E-state index is 11.5. The largest absolute Gasteiger partial charge is 0.360 e. The number of carbonyl (C=O) groups is 2. The summed E-state index contributed by atoms with van der Waals surface area (Å²) in [5.74, 6) is 0.786. The van der Waals surface area contributed by atoms with Gasteiger partial charge >= 0.3 is 6.03 Å². The molecule has 0 aliphatic rings. The zero-order valence-electron chi connectivity index (χ0n) is 10.6. The minimum atomic E-state index is -0.262. The second-order valence-electron chi connectivity index (χ2n) is 3.80. The van der Waals surface area contributed by atoms with Crippen molar-refractivity contribution in [3.8, 4) is 0 Å². The van der Waals surface area contributed by atoms with Gasteiger partial charge in [-0.15, -0.1) is 0 Å². The molecular weight excluding hydrogens is 236 g/mol. The first-order chi connectivity index (χ1) is 8.61. The Bertz CT molecular complexity index is 403. The predicted molar refractivity (Wildman–Crippen MR) is 66.2 cm³/mol. The van der Waals surface area contributed by atoms with Crippen LogP contribution in [0.2, 0.25) is 0 Å². The van der Waals surface area contributed by atoms with Crippen LogP contribution in [0.3, 0.4) is 0 Å². The molecule has 0 unspecified atom stereocenters. The van der Waals surface area contributed by atoms with Gasteiger partial charge in [-0.1, -0.05) is 12.1 Å². The summed E-state index contributed by atoms with van der Waals surface area (Å²) in [6, 6.07) is 1.36. The smallest absolute Gasteiger partial charge is 0.314 e. The number of anilines is 1. The highest BCUT2D eigenvalue weighted by Gasteiger charge is 2.06. The van der Waals surface area contributed by atoms with Gasteiger partial charge < -0.3 is 20.5 Å². The van der Waals surface area contributed by atoms with Crippen molar-refractivity contribution in [1.29, 1.82) is 0 Å². The predicted octanol–water partition coefficient (Wildman–Crippen LogP) is 1.02. The molecule has 1 rings (SSSR count). The van der Waals surface area contributed by atoms with Crippen molar-refractivity contribution in [2.24, 2.45) is 0 Å². The minimum Gasteiger partial charge on any atom is -0.360 e. The van der Waals surface area contributed by atoms with Crippen LogP contribution >= 0.6 is 0 Å². The monoisotopic (exact) mass is 254 g/mol. The molecule has 0 aliphatic carbocycles. The van der Waals surface area contributed by atoms with Crippen molar-refractivity contribution in [1.82, 2.24) is 15.8 Å². The average molecular weight is 254 g/mol. The number of nitrogens with zero attached hydrogens (tertiary/aromatic N) is 1. The Labute approximate surface area is 105 Å². The third kappa shape index (κ3) is 5.33. The van der Waals surface area contributed by atoms with Crippen molar-refractivity contribution < 1.29 is 14.1 Å². The maximum Gasteiger partial charge on any atom is 0.314 e. The van der Waals surface area contributed by atoms with Crippen molar-refractivity contribution in [3.05, 3.63) is 11.8 Å². The molecule has 18 heavy (non-hydrogen) atoms. The van der Waals surface area contributed by atoms with Crippen molar-refractivity contribution in [3.63, 3.8) is 0 Å². The lowest BCUT2D eigenvalue weighted by Gasteiger charge is -2.06. The van der Waals surface area contributed by atoms with E-state index >= 15 is 0 Å². The van der Waals surface area contributed by atoms with E-state index in [0.717, 1.165) is 6.42 Å². The Morgan fingerprint density at radius 1 is 1.33 bits per heavy atom. The average Bonchev–Trinajstić information content (AvgIpc) is 2.72. The molecule has 100 valence electrons. The van der Waals surface area contributed by atoms with Gasteiger partial charge in [-0.05, 0) is 13.3 Å². The van der Waals surface area contributed by atoms with Crippen molar-refractivity contribution >= 4 is 17.8 Å². The summed E-state index contributed by atoms with van der Waals surface area (Å²) >= 11 is 0. The van der Waals surface area contributed by atoms with Gasteiger partial charge in [-0.2, -0.15) is 0 Å². The van der Waals surface area contributed by atoms with E-state index in [-0.39, 0.29) is 24.9 Å². The third-order valence-electron chi connectivity index (χ3n) is 2.07. The van der Waals surface area contributed by atoms with Gasteiger partial charge in [0, 0.05) is 25.6 Å². The Morgan fingerprint density at radius 2 is 2.06 bits per heavy atom. The van der Waals surface area contributed by atoms with Crippen molar-refractivity contribution in [2.75, 3.05) is 18.4 Å². The molecule has 3 N–H and O–H groups in total. The number of hydrogen-bond donors (Lipinski definition) is 3. The van der Waals surface area contributed by atoms with Gasteiger partial charge in [0.1, 0.15) is 5.76 Å². The van der Waals surface area contributed by atoms with Crippen LogP contribution in [0.25, 0.3) is 0 Å². The van der Waals surface area contributed by atoms with Gasteiger partial charge in [0.05, 0.1) is 0 Å². The number of nitrogens with one attached hydrogen (secondary N) is 3. The Kier molecular flexibility index (Phi) is 5.69. The van der Waals surface area contributed by atoms with Crippen LogP contribution in [0.1, 0.15) is 25.5 Å². The molecule has 0 saturated carbocycles. The molecule has 0 bridgehead atoms. The summed E-state index contributed by atoms with van der Waals surface area (Å²) in [5.41, 5.74) is 0. The van der Waals surface area contributed by atoms with Gasteiger partial charge in [0.25, 0.3) is 0 Å². The van der Waals surface area contributed by atoms with Crippen LogP contribution in [0.4, 0.5) is 10.6 Å². The molecule has 0 aliphatic heterocycles. The lowest BCUT2D eigenvalue weighted by atomic mass is 10.4. The summed E-state index contributed by atoms with van der Waals surface area (Å²) in [5, 5.41) is 11.4. The molecule has 1 aromatic heterocycles. The van der Waals surface area contributed by atoms with E-state index in [0.29, 0.717) is 18.1 Å². The number of amides is 3. The Balaban J connectivity index is 2.15. The highest BCUT2D eigenvalue weighted by molar-refractivity contribution is 5.90. The topological polar surface area (TPSA) is 96.3 Å². The quantitative estimate of drug-likeness (QED) is 0.706. The van der Waals surface area contributed by atoms with Crippen molar-refractivity contribution in [2.45, 2.75) is 26.7 Å². The second kappa shape index (κ2) is 7.31. The fourth-order valence-electron chi connectivity index (χ4n) is 1.22. The molecule has 0 fully saturated rings. The molecule has 0 atom stereocenters. The van der Waals surface area contributed by atoms with Crippen LogP contribution in [0.15, 0.2) is 10.6 Å². The Morgan fingerprint density at radius 3 is 2.67 bits per heavy atom. The van der Waals surface area contributed by atoms with E-state index in [9.17, 15) is 9.59 Å². The molecule has 0 radical (unpaired) electrons. The molecule has 7 nitrogen and oxygen atoms in total. The highest BCUT2D eigenvalue weighted by atomic mass is 16.5. The molecule has 0 spiro atoms. The molecule has 1 heterocycles. The number of urea groups is 1. The molecule has 0 saturated heterocycles. The highest BCUT2D eigenvalue weighted by Crippen LogP contribution is 2.06.